The Balaban J connectivity index is 0.972. The van der Waals surface area contributed by atoms with Crippen LogP contribution in [0.4, 0.5) is 51.2 Å². The lowest BCUT2D eigenvalue weighted by Crippen LogP contribution is -2.16. The molecule has 0 saturated carbocycles. The topological polar surface area (TPSA) is 24.5 Å². The molecule has 0 saturated heterocycles. The minimum absolute atomic E-state index is 0.991. The van der Waals surface area contributed by atoms with Crippen molar-refractivity contribution in [2.24, 2.45) is 0 Å². The van der Waals surface area contributed by atoms with Crippen molar-refractivity contribution >= 4 is 117 Å². The van der Waals surface area contributed by atoms with Gasteiger partial charge in [-0.2, -0.15) is 0 Å². The Hall–Kier alpha value is -11.3. The first-order valence-electron chi connectivity index (χ1n) is 28.7. The van der Waals surface area contributed by atoms with Gasteiger partial charge >= 0.3 is 0 Å². The standard InChI is InChI=1S/C78H54N6/c1-7-25-55(26-8-1)79(61-43-46-76-70(52-61)67-37-19-22-40-73(67)82(76)58-31-13-4-14-32-58)64-49-65(80(56-27-9-2-10-28-56)62-44-47-77-71(53-62)68-38-20-23-41-74(68)83(77)59-33-15-5-16-34-59)51-66(50-64)81(57-29-11-3-12-30-57)63-45-48-78-72(54-63)69-39-21-24-42-75(69)84(78)60-35-17-6-18-36-60/h1-54H. The van der Waals surface area contributed by atoms with Crippen molar-refractivity contribution in [1.29, 1.82) is 0 Å². The molecule has 84 heavy (non-hydrogen) atoms. The van der Waals surface area contributed by atoms with Gasteiger partial charge in [-0.3, -0.25) is 0 Å². The molecule has 6 nitrogen and oxygen atoms in total. The van der Waals surface area contributed by atoms with E-state index in [9.17, 15) is 0 Å². The predicted octanol–water partition coefficient (Wildman–Crippen LogP) is 21.4. The molecule has 0 radical (unpaired) electrons. The number of para-hydroxylation sites is 9. The summed E-state index contributed by atoms with van der Waals surface area (Å²) in [6.07, 6.45) is 0. The largest absolute Gasteiger partial charge is 0.310 e. The summed E-state index contributed by atoms with van der Waals surface area (Å²) in [5, 5.41) is 7.10. The first kappa shape index (κ1) is 48.6. The summed E-state index contributed by atoms with van der Waals surface area (Å²) < 4.78 is 7.16. The Morgan fingerprint density at radius 2 is 0.381 bits per heavy atom. The van der Waals surface area contributed by atoms with Crippen LogP contribution in [0.15, 0.2) is 328 Å². The summed E-state index contributed by atoms with van der Waals surface area (Å²) in [6, 6.07) is 119. The maximum absolute atomic E-state index is 2.43. The van der Waals surface area contributed by atoms with Crippen LogP contribution in [0.1, 0.15) is 0 Å². The number of aromatic nitrogens is 3. The van der Waals surface area contributed by atoms with Crippen molar-refractivity contribution in [3.8, 4) is 17.1 Å². The van der Waals surface area contributed by atoms with Crippen molar-refractivity contribution in [3.63, 3.8) is 0 Å². The van der Waals surface area contributed by atoms with E-state index in [4.69, 9.17) is 0 Å². The summed E-state index contributed by atoms with van der Waals surface area (Å²) in [5.74, 6) is 0. The zero-order valence-corrected chi connectivity index (χ0v) is 45.9. The Labute approximate surface area is 487 Å². The van der Waals surface area contributed by atoms with Crippen molar-refractivity contribution in [1.82, 2.24) is 13.7 Å². The smallest absolute Gasteiger partial charge is 0.0542 e. The zero-order valence-electron chi connectivity index (χ0n) is 45.9. The summed E-state index contributed by atoms with van der Waals surface area (Å²) in [7, 11) is 0. The number of hydrogen-bond acceptors (Lipinski definition) is 3. The number of rotatable bonds is 12. The van der Waals surface area contributed by atoms with E-state index in [0.29, 0.717) is 0 Å². The Kier molecular flexibility index (Phi) is 11.8. The third-order valence-electron chi connectivity index (χ3n) is 16.5. The maximum Gasteiger partial charge on any atom is 0.0542 e. The quantitative estimate of drug-likeness (QED) is 0.122. The summed E-state index contributed by atoms with van der Waals surface area (Å²) in [5.41, 5.74) is 19.5. The molecule has 0 fully saturated rings. The van der Waals surface area contributed by atoms with Crippen LogP contribution in [0.5, 0.6) is 0 Å². The fraction of sp³-hybridized carbons (Fsp3) is 0. The lowest BCUT2D eigenvalue weighted by molar-refractivity contribution is 1.18. The molecule has 396 valence electrons. The molecule has 3 aromatic heterocycles. The normalized spacial score (nSPS) is 11.6. The van der Waals surface area contributed by atoms with Gasteiger partial charge in [0.05, 0.1) is 50.2 Å². The Morgan fingerprint density at radius 1 is 0.155 bits per heavy atom. The van der Waals surface area contributed by atoms with Gasteiger partial charge in [-0.1, -0.05) is 164 Å². The van der Waals surface area contributed by atoms with Crippen LogP contribution in [0, 0.1) is 0 Å². The zero-order chi connectivity index (χ0) is 55.5. The van der Waals surface area contributed by atoms with Crippen molar-refractivity contribution in [3.05, 3.63) is 328 Å². The minimum Gasteiger partial charge on any atom is -0.310 e. The molecule has 0 amide bonds. The molecule has 3 heterocycles. The average molecular weight is 1080 g/mol. The van der Waals surface area contributed by atoms with Gasteiger partial charge in [0.2, 0.25) is 0 Å². The first-order valence-corrected chi connectivity index (χ1v) is 28.7. The van der Waals surface area contributed by atoms with Gasteiger partial charge in [0.25, 0.3) is 0 Å². The fourth-order valence-corrected chi connectivity index (χ4v) is 12.9. The van der Waals surface area contributed by atoms with Crippen molar-refractivity contribution in [2.75, 3.05) is 14.7 Å². The van der Waals surface area contributed by atoms with Crippen LogP contribution in [0.3, 0.4) is 0 Å². The van der Waals surface area contributed by atoms with E-state index in [2.05, 4.69) is 356 Å². The van der Waals surface area contributed by atoms with Crippen LogP contribution in [-0.4, -0.2) is 13.7 Å². The van der Waals surface area contributed by atoms with E-state index in [0.717, 1.165) is 101 Å². The summed E-state index contributed by atoms with van der Waals surface area (Å²) in [4.78, 5) is 7.29. The molecule has 0 aliphatic heterocycles. The number of fused-ring (bicyclic) bond motifs is 9. The molecule has 0 spiro atoms. The monoisotopic (exact) mass is 1070 g/mol. The van der Waals surface area contributed by atoms with E-state index < -0.39 is 0 Å². The third kappa shape index (κ3) is 8.19. The second kappa shape index (κ2) is 20.3. The highest BCUT2D eigenvalue weighted by atomic mass is 15.2. The Morgan fingerprint density at radius 3 is 0.655 bits per heavy atom. The van der Waals surface area contributed by atoms with Crippen LogP contribution in [0.2, 0.25) is 0 Å². The summed E-state index contributed by atoms with van der Waals surface area (Å²) >= 11 is 0. The van der Waals surface area contributed by atoms with Crippen LogP contribution >= 0.6 is 0 Å². The van der Waals surface area contributed by atoms with Gasteiger partial charge < -0.3 is 28.4 Å². The first-order chi connectivity index (χ1) is 41.7. The molecule has 6 heteroatoms. The second-order valence-electron chi connectivity index (χ2n) is 21.4. The lowest BCUT2D eigenvalue weighted by Gasteiger charge is -2.33. The highest BCUT2D eigenvalue weighted by Crippen LogP contribution is 2.49. The van der Waals surface area contributed by atoms with E-state index in [-0.39, 0.29) is 0 Å². The van der Waals surface area contributed by atoms with E-state index in [1.165, 1.54) is 32.3 Å². The number of hydrogen-bond donors (Lipinski definition) is 0. The predicted molar refractivity (Wildman–Crippen MR) is 354 cm³/mol. The van der Waals surface area contributed by atoms with Crippen molar-refractivity contribution in [2.45, 2.75) is 0 Å². The number of nitrogens with zero attached hydrogens (tertiary/aromatic N) is 6. The van der Waals surface area contributed by atoms with Gasteiger partial charge in [-0.25, -0.2) is 0 Å². The van der Waals surface area contributed by atoms with Crippen molar-refractivity contribution < 1.29 is 0 Å². The van der Waals surface area contributed by atoms with E-state index in [1.807, 2.05) is 0 Å². The van der Waals surface area contributed by atoms with Gasteiger partial charge in [0.15, 0.2) is 0 Å². The van der Waals surface area contributed by atoms with Gasteiger partial charge in [0, 0.05) is 83.5 Å². The van der Waals surface area contributed by atoms with Crippen LogP contribution < -0.4 is 14.7 Å². The second-order valence-corrected chi connectivity index (χ2v) is 21.4. The summed E-state index contributed by atoms with van der Waals surface area (Å²) in [6.45, 7) is 0. The molecule has 0 bridgehead atoms. The lowest BCUT2D eigenvalue weighted by atomic mass is 10.1. The number of benzene rings is 13. The molecule has 0 N–H and O–H groups in total. The average Bonchev–Trinajstić information content (AvgIpc) is 3.20. The van der Waals surface area contributed by atoms with Crippen LogP contribution in [0.25, 0.3) is 82.5 Å². The molecule has 13 aromatic carbocycles. The van der Waals surface area contributed by atoms with Gasteiger partial charge in [0.1, 0.15) is 0 Å². The van der Waals surface area contributed by atoms with E-state index in [1.54, 1.807) is 0 Å². The molecular formula is C78H54N6. The molecule has 0 atom stereocenters. The fourth-order valence-electron chi connectivity index (χ4n) is 12.9. The molecular weight excluding hydrogens is 1020 g/mol. The van der Waals surface area contributed by atoms with E-state index >= 15 is 0 Å². The molecule has 0 aliphatic rings. The molecule has 16 rings (SSSR count). The molecule has 0 aliphatic carbocycles. The highest BCUT2D eigenvalue weighted by molar-refractivity contribution is 6.13. The van der Waals surface area contributed by atoms with Crippen LogP contribution in [-0.2, 0) is 0 Å². The minimum atomic E-state index is 0.991. The Bertz CT molecular complexity index is 4550. The SMILES string of the molecule is c1ccc(N(c2cc(N(c3ccccc3)c3ccc4c(c3)c3ccccc3n4-c3ccccc3)cc(N(c3ccccc3)c3ccc4c(c3)c3ccccc3n4-c3ccccc3)c2)c2ccc3c(c2)c2ccccc2n3-c2ccccc2)cc1. The highest BCUT2D eigenvalue weighted by Gasteiger charge is 2.25. The molecule has 16 aromatic rings. The maximum atomic E-state index is 2.43. The number of anilines is 9. The third-order valence-corrected chi connectivity index (χ3v) is 16.5. The molecule has 0 unspecified atom stereocenters. The van der Waals surface area contributed by atoms with Gasteiger partial charge in [-0.05, 0) is 164 Å². The van der Waals surface area contributed by atoms with Gasteiger partial charge in [-0.15, -0.1) is 0 Å².